The van der Waals surface area contributed by atoms with E-state index in [-0.39, 0.29) is 0 Å². The zero-order chi connectivity index (χ0) is 14.5. The van der Waals surface area contributed by atoms with Gasteiger partial charge in [-0.2, -0.15) is 5.10 Å². The smallest absolute Gasteiger partial charge is 0.0493 e. The number of H-pyrrole nitrogens is 1. The van der Waals surface area contributed by atoms with E-state index in [1.165, 1.54) is 40.4 Å². The van der Waals surface area contributed by atoms with Crippen molar-refractivity contribution >= 4 is 22.7 Å². The Bertz CT molecular complexity index is 856. The van der Waals surface area contributed by atoms with Crippen LogP contribution in [0.25, 0.3) is 22.7 Å². The Morgan fingerprint density at radius 1 is 1.27 bits per heavy atom. The maximum atomic E-state index is 4.35. The summed E-state index contributed by atoms with van der Waals surface area (Å²) in [6.07, 6.45) is 10.6. The van der Waals surface area contributed by atoms with E-state index in [0.29, 0.717) is 12.0 Å². The molecule has 2 aromatic heterocycles. The fourth-order valence-corrected chi connectivity index (χ4v) is 4.12. The number of hydrogen-bond acceptors (Lipinski definition) is 2. The average Bonchev–Trinajstić information content (AvgIpc) is 3.22. The highest BCUT2D eigenvalue weighted by Gasteiger charge is 2.36. The van der Waals surface area contributed by atoms with Crippen LogP contribution in [0.3, 0.4) is 0 Å². The third kappa shape index (κ3) is 1.64. The number of fused-ring (bicyclic) bond motifs is 2. The first-order valence-electron chi connectivity index (χ1n) is 7.96. The van der Waals surface area contributed by atoms with Gasteiger partial charge in [0, 0.05) is 53.2 Å². The number of aromatic nitrogens is 3. The van der Waals surface area contributed by atoms with Gasteiger partial charge in [0.1, 0.15) is 0 Å². The summed E-state index contributed by atoms with van der Waals surface area (Å²) in [7, 11) is 0. The van der Waals surface area contributed by atoms with E-state index < -0.39 is 0 Å². The van der Waals surface area contributed by atoms with Crippen LogP contribution in [0.4, 0.5) is 0 Å². The zero-order valence-electron chi connectivity index (χ0n) is 12.3. The highest BCUT2D eigenvalue weighted by molar-refractivity contribution is 6.01. The normalized spacial score (nSPS) is 25.5. The SMILES string of the molecule is C(=C1c2c[nH]c3cccc(c23)C2CCCN[C@H]12)n1cccn1. The van der Waals surface area contributed by atoms with Crippen molar-refractivity contribution in [1.82, 2.24) is 20.1 Å². The molecule has 22 heavy (non-hydrogen) atoms. The molecule has 4 heteroatoms. The van der Waals surface area contributed by atoms with E-state index in [2.05, 4.69) is 46.0 Å². The maximum Gasteiger partial charge on any atom is 0.0493 e. The number of aromatic amines is 1. The molecule has 3 heterocycles. The molecule has 1 aliphatic carbocycles. The highest BCUT2D eigenvalue weighted by atomic mass is 15.2. The first kappa shape index (κ1) is 12.2. The van der Waals surface area contributed by atoms with Crippen molar-refractivity contribution in [3.8, 4) is 0 Å². The second-order valence-electron chi connectivity index (χ2n) is 6.22. The molecule has 4 nitrogen and oxygen atoms in total. The number of nitrogens with zero attached hydrogens (tertiary/aromatic N) is 2. The van der Waals surface area contributed by atoms with Crippen molar-refractivity contribution in [2.45, 2.75) is 24.8 Å². The molecule has 3 aromatic rings. The first-order valence-corrected chi connectivity index (χ1v) is 7.96. The van der Waals surface area contributed by atoms with E-state index in [1.54, 1.807) is 0 Å². The second-order valence-corrected chi connectivity index (χ2v) is 6.22. The van der Waals surface area contributed by atoms with Crippen molar-refractivity contribution in [3.63, 3.8) is 0 Å². The molecular weight excluding hydrogens is 272 g/mol. The Balaban J connectivity index is 1.79. The van der Waals surface area contributed by atoms with Crippen molar-refractivity contribution in [1.29, 1.82) is 0 Å². The fourth-order valence-electron chi connectivity index (χ4n) is 4.12. The van der Waals surface area contributed by atoms with Crippen LogP contribution in [0.5, 0.6) is 0 Å². The summed E-state index contributed by atoms with van der Waals surface area (Å²) in [4.78, 5) is 3.44. The van der Waals surface area contributed by atoms with Crippen LogP contribution in [0.15, 0.2) is 42.9 Å². The molecule has 1 fully saturated rings. The molecule has 1 aliphatic heterocycles. The quantitative estimate of drug-likeness (QED) is 0.723. The predicted octanol–water partition coefficient (Wildman–Crippen LogP) is 3.21. The molecule has 1 saturated heterocycles. The van der Waals surface area contributed by atoms with Crippen LogP contribution >= 0.6 is 0 Å². The monoisotopic (exact) mass is 290 g/mol. The minimum absolute atomic E-state index is 0.381. The molecule has 0 amide bonds. The van der Waals surface area contributed by atoms with Crippen LogP contribution < -0.4 is 5.32 Å². The lowest BCUT2D eigenvalue weighted by Gasteiger charge is -2.38. The molecular formula is C18H18N4. The van der Waals surface area contributed by atoms with E-state index >= 15 is 0 Å². The summed E-state index contributed by atoms with van der Waals surface area (Å²) < 4.78 is 1.91. The summed E-state index contributed by atoms with van der Waals surface area (Å²) in [6.45, 7) is 1.09. The molecule has 0 bridgehead atoms. The van der Waals surface area contributed by atoms with Gasteiger partial charge in [0.25, 0.3) is 0 Å². The largest absolute Gasteiger partial charge is 0.361 e. The molecule has 5 rings (SSSR count). The van der Waals surface area contributed by atoms with Gasteiger partial charge in [-0.25, -0.2) is 4.68 Å². The maximum absolute atomic E-state index is 4.35. The molecule has 0 spiro atoms. The van der Waals surface area contributed by atoms with Crippen LogP contribution in [-0.2, 0) is 0 Å². The Kier molecular flexibility index (Phi) is 2.55. The van der Waals surface area contributed by atoms with Crippen molar-refractivity contribution < 1.29 is 0 Å². The van der Waals surface area contributed by atoms with E-state index in [9.17, 15) is 0 Å². The summed E-state index contributed by atoms with van der Waals surface area (Å²) in [5.74, 6) is 0.558. The predicted molar refractivity (Wildman–Crippen MR) is 88.5 cm³/mol. The van der Waals surface area contributed by atoms with E-state index in [0.717, 1.165) is 6.54 Å². The van der Waals surface area contributed by atoms with Crippen molar-refractivity contribution in [3.05, 3.63) is 54.0 Å². The Morgan fingerprint density at radius 2 is 2.27 bits per heavy atom. The third-order valence-electron chi connectivity index (χ3n) is 5.04. The zero-order valence-corrected chi connectivity index (χ0v) is 12.3. The van der Waals surface area contributed by atoms with Gasteiger partial charge in [0.2, 0.25) is 0 Å². The minimum Gasteiger partial charge on any atom is -0.361 e. The molecule has 1 unspecified atom stereocenters. The Hall–Kier alpha value is -2.33. The fraction of sp³-hybridized carbons (Fsp3) is 0.278. The molecule has 110 valence electrons. The molecule has 2 aliphatic rings. The summed E-state index contributed by atoms with van der Waals surface area (Å²) in [6, 6.07) is 8.99. The number of nitrogens with one attached hydrogen (secondary N) is 2. The van der Waals surface area contributed by atoms with Crippen LogP contribution in [0.1, 0.15) is 29.9 Å². The standard InChI is InChI=1S/C18H18N4/c1-4-12-13-5-2-7-19-18(13)15(11-22-9-3-8-21-22)14-10-20-16(6-1)17(12)14/h1,3-4,6,8-11,13,18-20H,2,5,7H2/t13?,18-/m0/s1. The van der Waals surface area contributed by atoms with E-state index in [4.69, 9.17) is 0 Å². The van der Waals surface area contributed by atoms with Crippen LogP contribution in [0, 0.1) is 0 Å². The van der Waals surface area contributed by atoms with Gasteiger partial charge >= 0.3 is 0 Å². The summed E-state index contributed by atoms with van der Waals surface area (Å²) in [5.41, 5.74) is 5.39. The molecule has 0 radical (unpaired) electrons. The van der Waals surface area contributed by atoms with Gasteiger partial charge in [-0.05, 0) is 42.7 Å². The first-order chi connectivity index (χ1) is 10.9. The van der Waals surface area contributed by atoms with Gasteiger partial charge in [0.15, 0.2) is 0 Å². The summed E-state index contributed by atoms with van der Waals surface area (Å²) in [5, 5.41) is 9.48. The van der Waals surface area contributed by atoms with Gasteiger partial charge in [-0.3, -0.25) is 0 Å². The molecule has 0 saturated carbocycles. The van der Waals surface area contributed by atoms with Gasteiger partial charge < -0.3 is 10.3 Å². The lowest BCUT2D eigenvalue weighted by Crippen LogP contribution is -2.42. The number of piperidine rings is 1. The van der Waals surface area contributed by atoms with Crippen molar-refractivity contribution in [2.24, 2.45) is 0 Å². The topological polar surface area (TPSA) is 45.6 Å². The molecule has 2 atom stereocenters. The lowest BCUT2D eigenvalue weighted by molar-refractivity contribution is 0.406. The van der Waals surface area contributed by atoms with Gasteiger partial charge in [0.05, 0.1) is 0 Å². The van der Waals surface area contributed by atoms with Crippen LogP contribution in [-0.4, -0.2) is 27.4 Å². The van der Waals surface area contributed by atoms with Gasteiger partial charge in [-0.1, -0.05) is 12.1 Å². The number of benzene rings is 1. The molecule has 2 N–H and O–H groups in total. The lowest BCUT2D eigenvalue weighted by atomic mass is 9.73. The minimum atomic E-state index is 0.381. The summed E-state index contributed by atoms with van der Waals surface area (Å²) >= 11 is 0. The highest BCUT2D eigenvalue weighted by Crippen LogP contribution is 2.45. The molecule has 1 aromatic carbocycles. The second kappa shape index (κ2) is 4.58. The van der Waals surface area contributed by atoms with Gasteiger partial charge in [-0.15, -0.1) is 0 Å². The Labute approximate surface area is 128 Å². The number of hydrogen-bond donors (Lipinski definition) is 2. The van der Waals surface area contributed by atoms with E-state index in [1.807, 2.05) is 23.1 Å². The van der Waals surface area contributed by atoms with Crippen molar-refractivity contribution in [2.75, 3.05) is 6.54 Å². The average molecular weight is 290 g/mol. The number of rotatable bonds is 1. The third-order valence-corrected chi connectivity index (χ3v) is 5.04. The Morgan fingerprint density at radius 3 is 3.18 bits per heavy atom. The van der Waals surface area contributed by atoms with Crippen LogP contribution in [0.2, 0.25) is 0 Å².